The lowest BCUT2D eigenvalue weighted by molar-refractivity contribution is -0.273. The third kappa shape index (κ3) is 5.56. The number of benzene rings is 2. The predicted molar refractivity (Wildman–Crippen MR) is 179 cm³/mol. The van der Waals surface area contributed by atoms with E-state index < -0.39 is 70.0 Å². The van der Waals surface area contributed by atoms with E-state index in [9.17, 15) is 35.2 Å². The zero-order valence-corrected chi connectivity index (χ0v) is 28.9. The van der Waals surface area contributed by atoms with Crippen LogP contribution in [0.2, 0.25) is 0 Å². The van der Waals surface area contributed by atoms with Gasteiger partial charge in [0.25, 0.3) is 0 Å². The number of aromatic hydroxyl groups is 2. The zero-order valence-electron chi connectivity index (χ0n) is 28.9. The lowest BCUT2D eigenvalue weighted by Gasteiger charge is -2.47. The lowest BCUT2D eigenvalue weighted by Crippen LogP contribution is -2.58. The number of hydrogen-bond acceptors (Lipinski definition) is 12. The fourth-order valence-electron chi connectivity index (χ4n) is 8.38. The molecule has 1 radical (unpaired) electrons. The lowest BCUT2D eigenvalue weighted by atomic mass is 9.66. The highest BCUT2D eigenvalue weighted by molar-refractivity contribution is 6.31. The van der Waals surface area contributed by atoms with Gasteiger partial charge in [-0.3, -0.25) is 9.59 Å². The summed E-state index contributed by atoms with van der Waals surface area (Å²) in [5.41, 5.74) is 3.53. The minimum Gasteiger partial charge on any atom is -0.507 e. The number of phenolic OH excluding ortho intramolecular Hbond substituents is 2. The number of phenols is 2. The van der Waals surface area contributed by atoms with Gasteiger partial charge in [-0.15, -0.1) is 10.3 Å². The molecule has 0 unspecified atom stereocenters. The van der Waals surface area contributed by atoms with Gasteiger partial charge in [-0.05, 0) is 60.5 Å². The molecule has 2 aliphatic heterocycles. The molecule has 0 aromatic heterocycles. The number of piperidine rings is 1. The fraction of sp³-hybridized carbons (Fsp3) is 0.556. The first-order valence-electron chi connectivity index (χ1n) is 16.6. The Kier molecular flexibility index (Phi) is 8.57. The molecule has 2 aliphatic carbocycles. The Labute approximate surface area is 285 Å². The molecule has 2 saturated heterocycles. The number of aliphatic hydroxyl groups is 2. The van der Waals surface area contributed by atoms with Crippen molar-refractivity contribution in [2.75, 3.05) is 7.11 Å². The van der Waals surface area contributed by atoms with E-state index in [-0.39, 0.29) is 64.1 Å². The number of aliphatic hydroxyl groups excluding tert-OH is 1. The van der Waals surface area contributed by atoms with Gasteiger partial charge in [0.05, 0.1) is 47.8 Å². The van der Waals surface area contributed by atoms with Crippen molar-refractivity contribution in [3.05, 3.63) is 51.6 Å². The van der Waals surface area contributed by atoms with E-state index in [1.807, 2.05) is 27.7 Å². The molecule has 6 rings (SSSR count). The first-order chi connectivity index (χ1) is 22.8. The van der Waals surface area contributed by atoms with Crippen LogP contribution >= 0.6 is 0 Å². The van der Waals surface area contributed by atoms with E-state index in [1.165, 1.54) is 19.2 Å². The second-order valence-electron chi connectivity index (χ2n) is 15.3. The van der Waals surface area contributed by atoms with Crippen LogP contribution in [0.25, 0.3) is 0 Å². The Morgan fingerprint density at radius 2 is 1.65 bits per heavy atom. The van der Waals surface area contributed by atoms with Gasteiger partial charge in [-0.1, -0.05) is 12.1 Å². The molecule has 2 heterocycles. The SMILES string of the molecule is COc1cccc2c1C(=O)c1c(O)c3c(c(O)c1C2=O)C[C@@](O)(/C(C)=N/N=C1CC(C)(C)N([O])C(C)(C)C1)C[C@@H]3[C@H]1C[C@H](N)[C@H](O)[C@H](C)O1. The molecule has 49 heavy (non-hydrogen) atoms. The third-order valence-corrected chi connectivity index (χ3v) is 10.8. The zero-order chi connectivity index (χ0) is 36.0. The molecule has 0 spiro atoms. The number of hydroxylamine groups is 2. The average molecular weight is 678 g/mol. The van der Waals surface area contributed by atoms with E-state index in [0.717, 1.165) is 5.06 Å². The molecule has 2 aromatic carbocycles. The summed E-state index contributed by atoms with van der Waals surface area (Å²) in [5, 5.41) is 69.6. The first-order valence-corrected chi connectivity index (χ1v) is 16.6. The summed E-state index contributed by atoms with van der Waals surface area (Å²) in [4.78, 5) is 27.9. The van der Waals surface area contributed by atoms with Crippen LogP contribution < -0.4 is 10.5 Å². The number of rotatable bonds is 4. The van der Waals surface area contributed by atoms with Crippen molar-refractivity contribution in [2.45, 2.75) is 121 Å². The molecule has 6 atom stereocenters. The highest BCUT2D eigenvalue weighted by atomic mass is 16.5. The number of methoxy groups -OCH3 is 1. The van der Waals surface area contributed by atoms with Gasteiger partial charge in [0, 0.05) is 64.7 Å². The summed E-state index contributed by atoms with van der Waals surface area (Å²) in [6.45, 7) is 10.6. The second-order valence-corrected chi connectivity index (χ2v) is 15.3. The van der Waals surface area contributed by atoms with Crippen LogP contribution in [0.3, 0.4) is 0 Å². The van der Waals surface area contributed by atoms with Gasteiger partial charge in [-0.25, -0.2) is 0 Å². The van der Waals surface area contributed by atoms with Crippen LogP contribution in [0.1, 0.15) is 116 Å². The molecule has 13 nitrogen and oxygen atoms in total. The van der Waals surface area contributed by atoms with Gasteiger partial charge in [0.1, 0.15) is 22.8 Å². The molecule has 2 aromatic rings. The summed E-state index contributed by atoms with van der Waals surface area (Å²) in [7, 11) is 1.37. The first kappa shape index (κ1) is 35.1. The van der Waals surface area contributed by atoms with Crippen LogP contribution in [-0.4, -0.2) is 96.6 Å². The minimum absolute atomic E-state index is 0.0158. The van der Waals surface area contributed by atoms with Crippen LogP contribution in [0.15, 0.2) is 28.4 Å². The second kappa shape index (κ2) is 12.0. The number of nitrogens with two attached hydrogens (primary N) is 1. The third-order valence-electron chi connectivity index (χ3n) is 10.8. The summed E-state index contributed by atoms with van der Waals surface area (Å²) < 4.78 is 11.6. The van der Waals surface area contributed by atoms with Crippen molar-refractivity contribution in [2.24, 2.45) is 15.9 Å². The summed E-state index contributed by atoms with van der Waals surface area (Å²) in [5.74, 6) is -3.10. The summed E-state index contributed by atoms with van der Waals surface area (Å²) in [6, 6.07) is 3.85. The van der Waals surface area contributed by atoms with Crippen molar-refractivity contribution in [1.82, 2.24) is 5.06 Å². The number of fused-ring (bicyclic) bond motifs is 3. The van der Waals surface area contributed by atoms with Gasteiger partial charge < -0.3 is 35.6 Å². The van der Waals surface area contributed by atoms with E-state index >= 15 is 0 Å². The summed E-state index contributed by atoms with van der Waals surface area (Å²) >= 11 is 0. The Bertz CT molecular complexity index is 1770. The Balaban J connectivity index is 1.50. The van der Waals surface area contributed by atoms with Gasteiger partial charge in [-0.2, -0.15) is 10.2 Å². The van der Waals surface area contributed by atoms with E-state index in [2.05, 4.69) is 10.2 Å². The monoisotopic (exact) mass is 677 g/mol. The summed E-state index contributed by atoms with van der Waals surface area (Å²) in [6.07, 6.45) is -1.86. The van der Waals surface area contributed by atoms with Crippen LogP contribution in [0.4, 0.5) is 0 Å². The molecule has 2 fully saturated rings. The van der Waals surface area contributed by atoms with Gasteiger partial charge in [0.15, 0.2) is 5.78 Å². The van der Waals surface area contributed by atoms with Crippen LogP contribution in [-0.2, 0) is 16.4 Å². The fourth-order valence-corrected chi connectivity index (χ4v) is 8.38. The smallest absolute Gasteiger partial charge is 0.202 e. The highest BCUT2D eigenvalue weighted by Gasteiger charge is 2.51. The molecular formula is C36H45N4O9. The van der Waals surface area contributed by atoms with E-state index in [0.29, 0.717) is 18.6 Å². The Hall–Kier alpha value is -3.72. The predicted octanol–water partition coefficient (Wildman–Crippen LogP) is 3.32. The minimum atomic E-state index is -1.75. The van der Waals surface area contributed by atoms with Crippen molar-refractivity contribution < 1.29 is 44.7 Å². The molecule has 0 amide bonds. The number of carbonyl (C=O) groups is 2. The Morgan fingerprint density at radius 3 is 2.27 bits per heavy atom. The number of ether oxygens (including phenoxy) is 2. The Morgan fingerprint density at radius 1 is 1.02 bits per heavy atom. The molecular weight excluding hydrogens is 632 g/mol. The number of carbonyl (C=O) groups excluding carboxylic acids is 2. The standard InChI is InChI=1S/C36H45N4O9/c1-16-29(41)22(37)11-24(49-16)20-14-36(46,17(2)38-39-18-12-34(3,4)40(47)35(5,6)13-18)15-21-25(20)32(44)28-27(31(21)43)30(42)19-9-8-10-23(48-7)26(19)33(28)45/h8-10,16,20,22,24,29,41,43-44,46H,11-15,37H2,1-7H3/b38-17+/t16-,20+,22-,24+,29+,36+/m0/s1. The largest absolute Gasteiger partial charge is 0.507 e. The maximum Gasteiger partial charge on any atom is 0.202 e. The van der Waals surface area contributed by atoms with Crippen LogP contribution in [0.5, 0.6) is 17.2 Å². The van der Waals surface area contributed by atoms with E-state index in [4.69, 9.17) is 15.2 Å². The quantitative estimate of drug-likeness (QED) is 0.155. The van der Waals surface area contributed by atoms with E-state index in [1.54, 1.807) is 19.9 Å². The molecule has 263 valence electrons. The topological polar surface area (TPSA) is 207 Å². The number of hydrogen-bond donors (Lipinski definition) is 5. The molecule has 4 aliphatic rings. The number of ketones is 2. The van der Waals surface area contributed by atoms with Crippen molar-refractivity contribution in [1.29, 1.82) is 0 Å². The average Bonchev–Trinajstić information content (AvgIpc) is 3.04. The van der Waals surface area contributed by atoms with Gasteiger partial charge in [0.2, 0.25) is 5.78 Å². The molecule has 6 N–H and O–H groups in total. The highest BCUT2D eigenvalue weighted by Crippen LogP contribution is 2.54. The van der Waals surface area contributed by atoms with Crippen molar-refractivity contribution in [3.8, 4) is 17.2 Å². The normalized spacial score (nSPS) is 31.1. The molecule has 0 saturated carbocycles. The maximum absolute atomic E-state index is 14.0. The van der Waals surface area contributed by atoms with Crippen molar-refractivity contribution >= 4 is 23.0 Å². The van der Waals surface area contributed by atoms with Crippen LogP contribution in [0, 0.1) is 0 Å². The molecule has 0 bridgehead atoms. The maximum atomic E-state index is 14.0. The number of nitrogens with zero attached hydrogens (tertiary/aromatic N) is 3. The molecule has 13 heteroatoms. The van der Waals surface area contributed by atoms with Crippen molar-refractivity contribution in [3.63, 3.8) is 0 Å². The van der Waals surface area contributed by atoms with Gasteiger partial charge >= 0.3 is 0 Å².